The number of benzene rings is 1. The van der Waals surface area contributed by atoms with Crippen LogP contribution in [-0.4, -0.2) is 43.8 Å². The maximum Gasteiger partial charge on any atom is 0.321 e. The van der Waals surface area contributed by atoms with Crippen LogP contribution in [0.4, 0.5) is 5.69 Å². The number of hydrogen-bond acceptors (Lipinski definition) is 6. The fraction of sp³-hybridized carbons (Fsp3) is 0.417. The van der Waals surface area contributed by atoms with E-state index in [1.165, 1.54) is 26.1 Å². The summed E-state index contributed by atoms with van der Waals surface area (Å²) in [6, 6.07) is 3.97. The minimum Gasteiger partial charge on any atom is -0.465 e. The molecule has 0 amide bonds. The second kappa shape index (κ2) is 6.64. The van der Waals surface area contributed by atoms with E-state index in [1.807, 2.05) is 0 Å². The lowest BCUT2D eigenvalue weighted by Gasteiger charge is -2.17. The van der Waals surface area contributed by atoms with Gasteiger partial charge >= 0.3 is 5.97 Å². The Balaban J connectivity index is 3.25. The van der Waals surface area contributed by atoms with Gasteiger partial charge in [-0.1, -0.05) is 12.1 Å². The number of carbonyl (C=O) groups excluding carboxylic acids is 1. The molecule has 0 N–H and O–H groups in total. The van der Waals surface area contributed by atoms with Gasteiger partial charge < -0.3 is 4.74 Å². The summed E-state index contributed by atoms with van der Waals surface area (Å²) in [6.07, 6.45) is 0. The van der Waals surface area contributed by atoms with Crippen molar-refractivity contribution in [3.63, 3.8) is 0 Å². The zero-order chi connectivity index (χ0) is 16.2. The zero-order valence-electron chi connectivity index (χ0n) is 11.9. The van der Waals surface area contributed by atoms with E-state index in [0.29, 0.717) is 0 Å². The Morgan fingerprint density at radius 3 is 2.57 bits per heavy atom. The van der Waals surface area contributed by atoms with Crippen LogP contribution >= 0.6 is 0 Å². The molecule has 0 aliphatic rings. The van der Waals surface area contributed by atoms with Gasteiger partial charge in [0.1, 0.15) is 6.54 Å². The molecule has 0 fully saturated rings. The van der Waals surface area contributed by atoms with Crippen LogP contribution in [0.15, 0.2) is 23.1 Å². The van der Waals surface area contributed by atoms with Gasteiger partial charge in [0.25, 0.3) is 5.69 Å². The summed E-state index contributed by atoms with van der Waals surface area (Å²) >= 11 is 0. The second-order valence-electron chi connectivity index (χ2n) is 4.25. The molecule has 1 aromatic carbocycles. The SMILES string of the molecule is CCOC(=O)CN(C)S(=O)(=O)c1c(C)cccc1[N+](=O)[O-]. The molecule has 1 rings (SSSR count). The number of rotatable bonds is 6. The van der Waals surface area contributed by atoms with Gasteiger partial charge in [0.05, 0.1) is 11.5 Å². The van der Waals surface area contributed by atoms with E-state index in [-0.39, 0.29) is 12.2 Å². The molecule has 0 aromatic heterocycles. The summed E-state index contributed by atoms with van der Waals surface area (Å²) in [5.74, 6) is -0.722. The van der Waals surface area contributed by atoms with Gasteiger partial charge in [0.2, 0.25) is 10.0 Å². The molecule has 21 heavy (non-hydrogen) atoms. The molecular weight excluding hydrogens is 300 g/mol. The summed E-state index contributed by atoms with van der Waals surface area (Å²) < 4.78 is 30.3. The lowest BCUT2D eigenvalue weighted by molar-refractivity contribution is -0.387. The van der Waals surface area contributed by atoms with E-state index in [0.717, 1.165) is 10.4 Å². The van der Waals surface area contributed by atoms with Crippen LogP contribution in [0.3, 0.4) is 0 Å². The molecule has 0 heterocycles. The molecule has 0 aliphatic heterocycles. The predicted octanol–water partition coefficient (Wildman–Crippen LogP) is 1.09. The number of hydrogen-bond donors (Lipinski definition) is 0. The highest BCUT2D eigenvalue weighted by molar-refractivity contribution is 7.89. The first-order valence-corrected chi connectivity index (χ1v) is 7.51. The summed E-state index contributed by atoms with van der Waals surface area (Å²) in [7, 11) is -3.00. The van der Waals surface area contributed by atoms with E-state index in [4.69, 9.17) is 0 Å². The molecule has 0 bridgehead atoms. The van der Waals surface area contributed by atoms with Crippen molar-refractivity contribution in [3.05, 3.63) is 33.9 Å². The Kier molecular flexibility index (Phi) is 5.39. The predicted molar refractivity (Wildman–Crippen MR) is 74.3 cm³/mol. The molecule has 0 radical (unpaired) electrons. The van der Waals surface area contributed by atoms with E-state index in [9.17, 15) is 23.3 Å². The van der Waals surface area contributed by atoms with Crippen LogP contribution < -0.4 is 0 Å². The summed E-state index contributed by atoms with van der Waals surface area (Å²) in [5.41, 5.74) is -0.286. The quantitative estimate of drug-likeness (QED) is 0.441. The maximum absolute atomic E-state index is 12.4. The van der Waals surface area contributed by atoms with Crippen molar-refractivity contribution in [2.24, 2.45) is 0 Å². The van der Waals surface area contributed by atoms with Crippen LogP contribution in [0.5, 0.6) is 0 Å². The van der Waals surface area contributed by atoms with Crippen LogP contribution in [0.2, 0.25) is 0 Å². The Morgan fingerprint density at radius 1 is 1.43 bits per heavy atom. The average molecular weight is 316 g/mol. The molecule has 9 heteroatoms. The largest absolute Gasteiger partial charge is 0.465 e. The van der Waals surface area contributed by atoms with Gasteiger partial charge in [0.15, 0.2) is 4.90 Å². The highest BCUT2D eigenvalue weighted by Crippen LogP contribution is 2.29. The smallest absolute Gasteiger partial charge is 0.321 e. The summed E-state index contributed by atoms with van der Waals surface area (Å²) in [4.78, 5) is 21.2. The topological polar surface area (TPSA) is 107 Å². The summed E-state index contributed by atoms with van der Waals surface area (Å²) in [5, 5.41) is 11.0. The third-order valence-electron chi connectivity index (χ3n) is 2.71. The van der Waals surface area contributed by atoms with Gasteiger partial charge in [-0.2, -0.15) is 4.31 Å². The van der Waals surface area contributed by atoms with Crippen LogP contribution in [0.25, 0.3) is 0 Å². The Labute approximate surface area is 122 Å². The van der Waals surface area contributed by atoms with Crippen LogP contribution in [0.1, 0.15) is 12.5 Å². The number of esters is 1. The number of sulfonamides is 1. The van der Waals surface area contributed by atoms with Crippen molar-refractivity contribution >= 4 is 21.7 Å². The van der Waals surface area contributed by atoms with Gasteiger partial charge in [-0.25, -0.2) is 8.42 Å². The molecule has 0 spiro atoms. The van der Waals surface area contributed by atoms with E-state index >= 15 is 0 Å². The fourth-order valence-electron chi connectivity index (χ4n) is 1.75. The second-order valence-corrected chi connectivity index (χ2v) is 6.23. The molecule has 0 unspecified atom stereocenters. The summed E-state index contributed by atoms with van der Waals surface area (Å²) in [6.45, 7) is 2.66. The normalized spacial score (nSPS) is 11.4. The van der Waals surface area contributed by atoms with Crippen molar-refractivity contribution < 1.29 is 22.9 Å². The van der Waals surface area contributed by atoms with Crippen LogP contribution in [-0.2, 0) is 19.6 Å². The average Bonchev–Trinajstić information content (AvgIpc) is 2.37. The van der Waals surface area contributed by atoms with E-state index in [2.05, 4.69) is 4.74 Å². The van der Waals surface area contributed by atoms with Gasteiger partial charge in [-0.05, 0) is 19.4 Å². The zero-order valence-corrected chi connectivity index (χ0v) is 12.7. The first kappa shape index (κ1) is 17.1. The number of ether oxygens (including phenoxy) is 1. The first-order valence-electron chi connectivity index (χ1n) is 6.07. The lowest BCUT2D eigenvalue weighted by Crippen LogP contribution is -2.33. The number of nitro benzene ring substituents is 1. The van der Waals surface area contributed by atoms with Gasteiger partial charge in [0, 0.05) is 13.1 Å². The highest BCUT2D eigenvalue weighted by Gasteiger charge is 2.32. The highest BCUT2D eigenvalue weighted by atomic mass is 32.2. The minimum absolute atomic E-state index is 0.122. The van der Waals surface area contributed by atoms with Crippen molar-refractivity contribution in [2.75, 3.05) is 20.2 Å². The Bertz CT molecular complexity index is 656. The number of likely N-dealkylation sites (N-methyl/N-ethyl adjacent to an activating group) is 1. The molecular formula is C12H16N2O6S. The Morgan fingerprint density at radius 2 is 2.05 bits per heavy atom. The maximum atomic E-state index is 12.4. The monoisotopic (exact) mass is 316 g/mol. The van der Waals surface area contributed by atoms with E-state index in [1.54, 1.807) is 6.92 Å². The van der Waals surface area contributed by atoms with Gasteiger partial charge in [-0.3, -0.25) is 14.9 Å². The molecule has 0 atom stereocenters. The fourth-order valence-corrected chi connectivity index (χ4v) is 3.21. The number of aryl methyl sites for hydroxylation is 1. The van der Waals surface area contributed by atoms with Crippen LogP contribution in [0, 0.1) is 17.0 Å². The number of nitro groups is 1. The molecule has 1 aromatic rings. The Hall–Kier alpha value is -2.00. The van der Waals surface area contributed by atoms with Gasteiger partial charge in [-0.15, -0.1) is 0 Å². The standard InChI is InChI=1S/C12H16N2O6S/c1-4-20-11(15)8-13(3)21(18,19)12-9(2)6-5-7-10(12)14(16)17/h5-7H,4,8H2,1-3H3. The number of carbonyl (C=O) groups is 1. The van der Waals surface area contributed by atoms with Crippen molar-refractivity contribution in [1.29, 1.82) is 0 Å². The molecule has 0 saturated heterocycles. The third kappa shape index (κ3) is 3.76. The molecule has 0 aliphatic carbocycles. The lowest BCUT2D eigenvalue weighted by atomic mass is 10.2. The molecule has 0 saturated carbocycles. The van der Waals surface area contributed by atoms with Crippen molar-refractivity contribution in [2.45, 2.75) is 18.7 Å². The first-order chi connectivity index (χ1) is 9.71. The third-order valence-corrected chi connectivity index (χ3v) is 4.71. The number of nitrogens with zero attached hydrogens (tertiary/aromatic N) is 2. The van der Waals surface area contributed by atoms with E-state index < -0.39 is 38.0 Å². The molecule has 116 valence electrons. The molecule has 8 nitrogen and oxygen atoms in total. The van der Waals surface area contributed by atoms with Crippen molar-refractivity contribution in [3.8, 4) is 0 Å². The van der Waals surface area contributed by atoms with Crippen molar-refractivity contribution in [1.82, 2.24) is 4.31 Å². The minimum atomic E-state index is -4.17.